The number of thiophene rings is 1. The number of anilines is 1. The number of rotatable bonds is 3. The molecule has 1 aliphatic carbocycles. The summed E-state index contributed by atoms with van der Waals surface area (Å²) in [7, 11) is 0. The Morgan fingerprint density at radius 2 is 1.92 bits per heavy atom. The molecule has 1 aromatic heterocycles. The SMILES string of the molecule is N#Cc1c(NC(=O)/C=C/c2c(Cl)cccc2Cl)sc2c1CCCCC2. The van der Waals surface area contributed by atoms with E-state index in [0.29, 0.717) is 26.2 Å². The van der Waals surface area contributed by atoms with Gasteiger partial charge < -0.3 is 5.32 Å². The largest absolute Gasteiger partial charge is 0.313 e. The number of hydrogen-bond donors (Lipinski definition) is 1. The highest BCUT2D eigenvalue weighted by Crippen LogP contribution is 2.37. The highest BCUT2D eigenvalue weighted by Gasteiger charge is 2.20. The Bertz CT molecular complexity index is 860. The van der Waals surface area contributed by atoms with Gasteiger partial charge in [0, 0.05) is 26.6 Å². The van der Waals surface area contributed by atoms with E-state index in [4.69, 9.17) is 23.2 Å². The molecule has 0 saturated carbocycles. The summed E-state index contributed by atoms with van der Waals surface area (Å²) < 4.78 is 0. The van der Waals surface area contributed by atoms with Crippen molar-refractivity contribution < 1.29 is 4.79 Å². The molecule has 0 atom stereocenters. The molecule has 0 bridgehead atoms. The van der Waals surface area contributed by atoms with Crippen LogP contribution in [-0.2, 0) is 17.6 Å². The summed E-state index contributed by atoms with van der Waals surface area (Å²) in [6, 6.07) is 7.44. The second-order valence-electron chi connectivity index (χ2n) is 5.84. The smallest absolute Gasteiger partial charge is 0.249 e. The van der Waals surface area contributed by atoms with Gasteiger partial charge in [0.25, 0.3) is 0 Å². The molecule has 128 valence electrons. The zero-order chi connectivity index (χ0) is 17.8. The lowest BCUT2D eigenvalue weighted by Gasteiger charge is -2.02. The van der Waals surface area contributed by atoms with Crippen LogP contribution in [0.5, 0.6) is 0 Å². The van der Waals surface area contributed by atoms with Gasteiger partial charge in [-0.05, 0) is 49.5 Å². The van der Waals surface area contributed by atoms with Gasteiger partial charge in [0.1, 0.15) is 11.1 Å². The van der Waals surface area contributed by atoms with Crippen molar-refractivity contribution in [1.29, 1.82) is 5.26 Å². The van der Waals surface area contributed by atoms with E-state index in [2.05, 4.69) is 11.4 Å². The van der Waals surface area contributed by atoms with Gasteiger partial charge in [0.15, 0.2) is 0 Å². The number of benzene rings is 1. The lowest BCUT2D eigenvalue weighted by Crippen LogP contribution is -2.07. The van der Waals surface area contributed by atoms with Crippen LogP contribution in [0.15, 0.2) is 24.3 Å². The zero-order valence-corrected chi connectivity index (χ0v) is 15.8. The first-order valence-electron chi connectivity index (χ1n) is 8.08. The van der Waals surface area contributed by atoms with E-state index in [9.17, 15) is 10.1 Å². The third-order valence-corrected chi connectivity index (χ3v) is 6.04. The number of aryl methyl sites for hydroxylation is 1. The number of carbonyl (C=O) groups excluding carboxylic acids is 1. The fourth-order valence-corrected chi connectivity index (χ4v) is 4.70. The van der Waals surface area contributed by atoms with Crippen LogP contribution >= 0.6 is 34.5 Å². The lowest BCUT2D eigenvalue weighted by molar-refractivity contribution is -0.111. The molecule has 0 spiro atoms. The van der Waals surface area contributed by atoms with Gasteiger partial charge in [-0.2, -0.15) is 5.26 Å². The van der Waals surface area contributed by atoms with E-state index in [1.165, 1.54) is 28.7 Å². The number of nitrogens with one attached hydrogen (secondary N) is 1. The molecular formula is C19H16Cl2N2OS. The summed E-state index contributed by atoms with van der Waals surface area (Å²) >= 11 is 13.7. The summed E-state index contributed by atoms with van der Waals surface area (Å²) in [6.45, 7) is 0. The van der Waals surface area contributed by atoms with Crippen molar-refractivity contribution in [3.05, 3.63) is 55.9 Å². The van der Waals surface area contributed by atoms with Gasteiger partial charge in [-0.1, -0.05) is 35.7 Å². The molecule has 1 N–H and O–H groups in total. The number of nitriles is 1. The monoisotopic (exact) mass is 390 g/mol. The summed E-state index contributed by atoms with van der Waals surface area (Å²) in [5.74, 6) is -0.302. The molecule has 25 heavy (non-hydrogen) atoms. The molecule has 0 saturated heterocycles. The van der Waals surface area contributed by atoms with Crippen molar-refractivity contribution >= 4 is 51.5 Å². The lowest BCUT2D eigenvalue weighted by atomic mass is 10.1. The predicted octanol–water partition coefficient (Wildman–Crippen LogP) is 5.85. The summed E-state index contributed by atoms with van der Waals surface area (Å²) in [4.78, 5) is 13.5. The van der Waals surface area contributed by atoms with E-state index in [-0.39, 0.29) is 5.91 Å². The topological polar surface area (TPSA) is 52.9 Å². The first-order chi connectivity index (χ1) is 12.1. The molecule has 0 radical (unpaired) electrons. The van der Waals surface area contributed by atoms with Gasteiger partial charge >= 0.3 is 0 Å². The molecule has 0 fully saturated rings. The fourth-order valence-electron chi connectivity index (χ4n) is 2.93. The van der Waals surface area contributed by atoms with Crippen LogP contribution in [0.2, 0.25) is 10.0 Å². The molecule has 1 amide bonds. The van der Waals surface area contributed by atoms with Crippen molar-refractivity contribution in [2.45, 2.75) is 32.1 Å². The summed E-state index contributed by atoms with van der Waals surface area (Å²) in [6.07, 6.45) is 8.29. The Balaban J connectivity index is 1.80. The van der Waals surface area contributed by atoms with Crippen LogP contribution < -0.4 is 5.32 Å². The van der Waals surface area contributed by atoms with Crippen LogP contribution in [-0.4, -0.2) is 5.91 Å². The number of amides is 1. The molecule has 1 heterocycles. The maximum absolute atomic E-state index is 12.3. The first-order valence-corrected chi connectivity index (χ1v) is 9.65. The van der Waals surface area contributed by atoms with Crippen LogP contribution in [0.4, 0.5) is 5.00 Å². The average molecular weight is 391 g/mol. The van der Waals surface area contributed by atoms with Crippen LogP contribution in [0.25, 0.3) is 6.08 Å². The number of hydrogen-bond acceptors (Lipinski definition) is 3. The minimum Gasteiger partial charge on any atom is -0.313 e. The summed E-state index contributed by atoms with van der Waals surface area (Å²) in [5.41, 5.74) is 2.32. The molecule has 0 unspecified atom stereocenters. The van der Waals surface area contributed by atoms with Gasteiger partial charge in [-0.25, -0.2) is 0 Å². The molecule has 6 heteroatoms. The second-order valence-corrected chi connectivity index (χ2v) is 7.76. The quantitative estimate of drug-likeness (QED) is 0.527. The maximum atomic E-state index is 12.3. The van der Waals surface area contributed by atoms with Crippen LogP contribution in [0, 0.1) is 11.3 Å². The van der Waals surface area contributed by atoms with Gasteiger partial charge in [-0.3, -0.25) is 4.79 Å². The Kier molecular flexibility index (Phi) is 5.80. The number of carbonyl (C=O) groups is 1. The number of fused-ring (bicyclic) bond motifs is 1. The second kappa shape index (κ2) is 8.05. The Morgan fingerprint density at radius 1 is 1.20 bits per heavy atom. The Labute approximate surface area is 160 Å². The molecule has 2 aromatic rings. The number of nitrogens with zero attached hydrogens (tertiary/aromatic N) is 1. The van der Waals surface area contributed by atoms with E-state index in [1.54, 1.807) is 24.3 Å². The van der Waals surface area contributed by atoms with E-state index < -0.39 is 0 Å². The van der Waals surface area contributed by atoms with Crippen molar-refractivity contribution in [3.8, 4) is 6.07 Å². The third-order valence-electron chi connectivity index (χ3n) is 4.17. The van der Waals surface area contributed by atoms with E-state index in [1.807, 2.05) is 0 Å². The first kappa shape index (κ1) is 18.0. The van der Waals surface area contributed by atoms with Crippen molar-refractivity contribution in [2.75, 3.05) is 5.32 Å². The molecule has 3 rings (SSSR count). The Morgan fingerprint density at radius 3 is 2.64 bits per heavy atom. The third kappa shape index (κ3) is 4.07. The zero-order valence-electron chi connectivity index (χ0n) is 13.4. The van der Waals surface area contributed by atoms with Gasteiger partial charge in [0.2, 0.25) is 5.91 Å². The maximum Gasteiger partial charge on any atom is 0.249 e. The van der Waals surface area contributed by atoms with Gasteiger partial charge in [0.05, 0.1) is 5.56 Å². The average Bonchev–Trinajstić information content (AvgIpc) is 2.74. The molecule has 3 nitrogen and oxygen atoms in total. The Hall–Kier alpha value is -1.80. The van der Waals surface area contributed by atoms with E-state index in [0.717, 1.165) is 31.2 Å². The normalized spacial score (nSPS) is 14.0. The van der Waals surface area contributed by atoms with Crippen LogP contribution in [0.1, 0.15) is 40.8 Å². The minimum atomic E-state index is -0.302. The molecule has 0 aliphatic heterocycles. The minimum absolute atomic E-state index is 0.302. The van der Waals surface area contributed by atoms with Crippen molar-refractivity contribution in [1.82, 2.24) is 0 Å². The molecule has 1 aromatic carbocycles. The van der Waals surface area contributed by atoms with E-state index >= 15 is 0 Å². The highest BCUT2D eigenvalue weighted by molar-refractivity contribution is 7.16. The van der Waals surface area contributed by atoms with Crippen molar-refractivity contribution in [3.63, 3.8) is 0 Å². The highest BCUT2D eigenvalue weighted by atomic mass is 35.5. The molecule has 1 aliphatic rings. The standard InChI is InChI=1S/C19H16Cl2N2OS/c20-15-6-4-7-16(21)13(15)9-10-18(24)23-19-14(11-22)12-5-2-1-3-8-17(12)25-19/h4,6-7,9-10H,1-3,5,8H2,(H,23,24)/b10-9+. The van der Waals surface area contributed by atoms with Crippen molar-refractivity contribution in [2.24, 2.45) is 0 Å². The van der Waals surface area contributed by atoms with Gasteiger partial charge in [-0.15, -0.1) is 11.3 Å². The number of halogens is 2. The molecular weight excluding hydrogens is 375 g/mol. The predicted molar refractivity (Wildman–Crippen MR) is 104 cm³/mol. The fraction of sp³-hybridized carbons (Fsp3) is 0.263. The summed E-state index contributed by atoms with van der Waals surface area (Å²) in [5, 5.41) is 13.9. The van der Waals surface area contributed by atoms with Crippen LogP contribution in [0.3, 0.4) is 0 Å².